The lowest BCUT2D eigenvalue weighted by Gasteiger charge is -1.94. The fourth-order valence-electron chi connectivity index (χ4n) is 0.0540. The van der Waals surface area contributed by atoms with Crippen LogP contribution in [0.4, 0.5) is 0 Å². The van der Waals surface area contributed by atoms with Crippen molar-refractivity contribution in [3.63, 3.8) is 0 Å². The normalized spacial score (nSPS) is 13.0. The largest absolute Gasteiger partial charge is 0.384 e. The summed E-state index contributed by atoms with van der Waals surface area (Å²) in [6.45, 7) is 0. The highest BCUT2D eigenvalue weighted by atomic mass is 17.1. The first-order valence-corrected chi connectivity index (χ1v) is 1.47. The monoisotopic (exact) mass is 107 g/mol. The molecule has 4 N–H and O–H groups in total. The summed E-state index contributed by atoms with van der Waals surface area (Å²) >= 11 is 0. The van der Waals surface area contributed by atoms with Crippen molar-refractivity contribution in [2.45, 2.75) is 6.23 Å². The Hall–Kier alpha value is -0.650. The van der Waals surface area contributed by atoms with Crippen LogP contribution >= 0.6 is 0 Å². The Balaban J connectivity index is 3.35. The maximum atomic E-state index is 9.66. The number of hydrogen-bond acceptors (Lipinski definition) is 5. The van der Waals surface area contributed by atoms with Gasteiger partial charge in [-0.1, -0.05) is 0 Å². The van der Waals surface area contributed by atoms with E-state index in [-0.39, 0.29) is 0 Å². The van der Waals surface area contributed by atoms with Gasteiger partial charge in [0, 0.05) is 0 Å². The molecule has 0 amide bonds. The number of aliphatic hydroxyl groups excluding tert-OH is 1. The Bertz CT molecular complexity index is 70.1. The predicted octanol–water partition coefficient (Wildman–Crippen LogP) is -1.72. The lowest BCUT2D eigenvalue weighted by molar-refractivity contribution is -0.242. The van der Waals surface area contributed by atoms with Crippen molar-refractivity contribution in [1.82, 2.24) is 0 Å². The van der Waals surface area contributed by atoms with Gasteiger partial charge >= 0.3 is 5.97 Å². The van der Waals surface area contributed by atoms with Gasteiger partial charge < -0.3 is 5.11 Å². The molecule has 0 aromatic rings. The van der Waals surface area contributed by atoms with E-state index in [0.29, 0.717) is 0 Å². The second-order valence-electron chi connectivity index (χ2n) is 0.855. The van der Waals surface area contributed by atoms with Crippen LogP contribution in [0.2, 0.25) is 0 Å². The van der Waals surface area contributed by atoms with Gasteiger partial charge in [-0.3, -0.25) is 10.6 Å². The first-order chi connectivity index (χ1) is 3.18. The van der Waals surface area contributed by atoms with Crippen LogP contribution in [0.3, 0.4) is 0 Å². The summed E-state index contributed by atoms with van der Waals surface area (Å²) in [5, 5.41) is 15.4. The van der Waals surface area contributed by atoms with Crippen molar-refractivity contribution in [3.05, 3.63) is 0 Å². The zero-order valence-corrected chi connectivity index (χ0v) is 3.37. The topological polar surface area (TPSA) is 92.8 Å². The quantitative estimate of drug-likeness (QED) is 0.210. The standard InChI is InChI=1S/C2H5NO4/c3-1(4)2(5)7-6/h1,4,6H,3H2. The molecule has 0 aromatic carbocycles. The van der Waals surface area contributed by atoms with Crippen molar-refractivity contribution in [1.29, 1.82) is 0 Å². The van der Waals surface area contributed by atoms with Crippen molar-refractivity contribution in [2.24, 2.45) is 5.73 Å². The molecule has 0 radical (unpaired) electrons. The first kappa shape index (κ1) is 6.35. The van der Waals surface area contributed by atoms with E-state index < -0.39 is 12.2 Å². The van der Waals surface area contributed by atoms with Gasteiger partial charge in [0.05, 0.1) is 0 Å². The van der Waals surface area contributed by atoms with Crippen LogP contribution in [-0.2, 0) is 9.68 Å². The zero-order valence-electron chi connectivity index (χ0n) is 3.37. The predicted molar refractivity (Wildman–Crippen MR) is 18.9 cm³/mol. The van der Waals surface area contributed by atoms with Crippen LogP contribution in [-0.4, -0.2) is 22.6 Å². The molecule has 0 rings (SSSR count). The highest BCUT2D eigenvalue weighted by Crippen LogP contribution is 1.72. The molecule has 0 fully saturated rings. The van der Waals surface area contributed by atoms with Crippen molar-refractivity contribution in [3.8, 4) is 0 Å². The highest BCUT2D eigenvalue weighted by Gasteiger charge is 2.08. The molecular weight excluding hydrogens is 102 g/mol. The van der Waals surface area contributed by atoms with Crippen LogP contribution in [0.1, 0.15) is 0 Å². The Labute approximate surface area is 39.2 Å². The number of nitrogens with two attached hydrogens (primary N) is 1. The Morgan fingerprint density at radius 3 is 2.29 bits per heavy atom. The van der Waals surface area contributed by atoms with E-state index in [9.17, 15) is 4.79 Å². The molecule has 5 heteroatoms. The van der Waals surface area contributed by atoms with E-state index in [1.54, 1.807) is 0 Å². The lowest BCUT2D eigenvalue weighted by atomic mass is 10.6. The Kier molecular flexibility index (Phi) is 2.28. The summed E-state index contributed by atoms with van der Waals surface area (Å²) in [4.78, 5) is 12.7. The van der Waals surface area contributed by atoms with Crippen LogP contribution in [0.15, 0.2) is 0 Å². The third-order valence-corrected chi connectivity index (χ3v) is 0.331. The SMILES string of the molecule is NC(O)C(=O)OO. The number of aliphatic hydroxyl groups is 1. The van der Waals surface area contributed by atoms with E-state index in [0.717, 1.165) is 0 Å². The minimum Gasteiger partial charge on any atom is -0.368 e. The molecule has 1 atom stereocenters. The summed E-state index contributed by atoms with van der Waals surface area (Å²) < 4.78 is 0. The van der Waals surface area contributed by atoms with Gasteiger partial charge in [-0.25, -0.2) is 4.79 Å². The number of carbonyl (C=O) groups excluding carboxylic acids is 1. The maximum Gasteiger partial charge on any atom is 0.384 e. The van der Waals surface area contributed by atoms with E-state index >= 15 is 0 Å². The molecule has 0 aliphatic carbocycles. The fraction of sp³-hybridized carbons (Fsp3) is 0.500. The number of carbonyl (C=O) groups is 1. The van der Waals surface area contributed by atoms with E-state index in [4.69, 9.17) is 10.4 Å². The van der Waals surface area contributed by atoms with E-state index in [1.807, 2.05) is 0 Å². The van der Waals surface area contributed by atoms with Crippen LogP contribution < -0.4 is 5.73 Å². The summed E-state index contributed by atoms with van der Waals surface area (Å²) in [6.07, 6.45) is -1.75. The van der Waals surface area contributed by atoms with Crippen LogP contribution in [0.25, 0.3) is 0 Å². The first-order valence-electron chi connectivity index (χ1n) is 1.47. The third-order valence-electron chi connectivity index (χ3n) is 0.331. The van der Waals surface area contributed by atoms with Crippen LogP contribution in [0, 0.1) is 0 Å². The molecule has 5 nitrogen and oxygen atoms in total. The molecule has 0 aliphatic rings. The van der Waals surface area contributed by atoms with Gasteiger partial charge in [-0.15, -0.1) is 0 Å². The summed E-state index contributed by atoms with van der Waals surface area (Å²) in [5.41, 5.74) is 4.47. The minimum atomic E-state index is -1.75. The van der Waals surface area contributed by atoms with Crippen molar-refractivity contribution < 1.29 is 20.0 Å². The molecule has 0 saturated carbocycles. The molecule has 0 aromatic heterocycles. The summed E-state index contributed by atoms with van der Waals surface area (Å²) in [5.74, 6) is -1.26. The maximum absolute atomic E-state index is 9.66. The van der Waals surface area contributed by atoms with Crippen molar-refractivity contribution in [2.75, 3.05) is 0 Å². The van der Waals surface area contributed by atoms with Crippen molar-refractivity contribution >= 4 is 5.97 Å². The Morgan fingerprint density at radius 1 is 1.86 bits per heavy atom. The number of rotatable bonds is 1. The molecule has 1 unspecified atom stereocenters. The average Bonchev–Trinajstić information content (AvgIpc) is 1.65. The lowest BCUT2D eigenvalue weighted by Crippen LogP contribution is -2.30. The third kappa shape index (κ3) is 2.10. The second-order valence-corrected chi connectivity index (χ2v) is 0.855. The molecule has 0 saturated heterocycles. The van der Waals surface area contributed by atoms with Gasteiger partial charge in [0.2, 0.25) is 6.23 Å². The number of hydrogen-bond donors (Lipinski definition) is 3. The summed E-state index contributed by atoms with van der Waals surface area (Å²) in [6, 6.07) is 0. The molecule has 7 heavy (non-hydrogen) atoms. The van der Waals surface area contributed by atoms with E-state index in [2.05, 4.69) is 10.6 Å². The van der Waals surface area contributed by atoms with Gasteiger partial charge in [-0.2, -0.15) is 5.26 Å². The Morgan fingerprint density at radius 2 is 2.29 bits per heavy atom. The minimum absolute atomic E-state index is 1.26. The molecule has 0 aliphatic heterocycles. The van der Waals surface area contributed by atoms with Gasteiger partial charge in [0.25, 0.3) is 0 Å². The van der Waals surface area contributed by atoms with Gasteiger partial charge in [0.15, 0.2) is 0 Å². The van der Waals surface area contributed by atoms with Gasteiger partial charge in [0.1, 0.15) is 0 Å². The molecule has 0 spiro atoms. The van der Waals surface area contributed by atoms with Crippen LogP contribution in [0.5, 0.6) is 0 Å². The molecular formula is C2H5NO4. The molecule has 0 bridgehead atoms. The molecule has 42 valence electrons. The molecule has 0 heterocycles. The second kappa shape index (κ2) is 2.51. The highest BCUT2D eigenvalue weighted by molar-refractivity contribution is 5.72. The fourth-order valence-corrected chi connectivity index (χ4v) is 0.0540. The smallest absolute Gasteiger partial charge is 0.368 e. The van der Waals surface area contributed by atoms with E-state index in [1.165, 1.54) is 0 Å². The zero-order chi connectivity index (χ0) is 5.86. The van der Waals surface area contributed by atoms with Gasteiger partial charge in [-0.05, 0) is 0 Å². The summed E-state index contributed by atoms with van der Waals surface area (Å²) in [7, 11) is 0. The average molecular weight is 107 g/mol.